The van der Waals surface area contributed by atoms with Gasteiger partial charge in [0.05, 0.1) is 6.42 Å². The summed E-state index contributed by atoms with van der Waals surface area (Å²) in [7, 11) is 0. The van der Waals surface area contributed by atoms with Crippen LogP contribution in [-0.2, 0) is 22.6 Å². The number of nitrogens with zero attached hydrogens (tertiary/aromatic N) is 1. The van der Waals surface area contributed by atoms with E-state index in [4.69, 9.17) is 11.6 Å². The van der Waals surface area contributed by atoms with Crippen LogP contribution in [0.2, 0.25) is 5.02 Å². The van der Waals surface area contributed by atoms with Crippen LogP contribution in [0.5, 0.6) is 0 Å². The average Bonchev–Trinajstić information content (AvgIpc) is 2.88. The molecule has 1 atom stereocenters. The predicted octanol–water partition coefficient (Wildman–Crippen LogP) is 3.11. The zero-order chi connectivity index (χ0) is 15.0. The molecule has 1 aliphatic rings. The summed E-state index contributed by atoms with van der Waals surface area (Å²) < 4.78 is 0. The highest BCUT2D eigenvalue weighted by atomic mass is 35.5. The fourth-order valence-corrected chi connectivity index (χ4v) is 3.67. The maximum Gasteiger partial charge on any atom is 0.331 e. The smallest absolute Gasteiger partial charge is 0.331 e. The summed E-state index contributed by atoms with van der Waals surface area (Å²) in [4.78, 5) is 26.4. The summed E-state index contributed by atoms with van der Waals surface area (Å²) in [5.74, 6) is -1.26. The van der Waals surface area contributed by atoms with Crippen LogP contribution in [0.1, 0.15) is 22.0 Å². The molecule has 1 aliphatic heterocycles. The minimum atomic E-state index is -1.07. The number of amides is 1. The van der Waals surface area contributed by atoms with Gasteiger partial charge < -0.3 is 10.0 Å². The number of rotatable bonds is 3. The van der Waals surface area contributed by atoms with Gasteiger partial charge in [0.25, 0.3) is 0 Å². The van der Waals surface area contributed by atoms with Gasteiger partial charge in [0, 0.05) is 22.0 Å². The van der Waals surface area contributed by atoms with Crippen LogP contribution in [0.4, 0.5) is 0 Å². The summed E-state index contributed by atoms with van der Waals surface area (Å²) in [5, 5.41) is 11.8. The Kier molecular flexibility index (Phi) is 3.69. The van der Waals surface area contributed by atoms with Gasteiger partial charge in [-0.25, -0.2) is 4.79 Å². The number of hydrogen-bond donors (Lipinski definition) is 1. The summed E-state index contributed by atoms with van der Waals surface area (Å²) >= 11 is 7.64. The first-order valence-corrected chi connectivity index (χ1v) is 7.65. The van der Waals surface area contributed by atoms with Crippen molar-refractivity contribution in [2.45, 2.75) is 19.0 Å². The molecule has 1 amide bonds. The van der Waals surface area contributed by atoms with E-state index in [0.29, 0.717) is 17.1 Å². The second-order valence-electron chi connectivity index (χ2n) is 4.83. The van der Waals surface area contributed by atoms with E-state index in [9.17, 15) is 14.7 Å². The highest BCUT2D eigenvalue weighted by Crippen LogP contribution is 2.33. The van der Waals surface area contributed by atoms with Gasteiger partial charge in [-0.05, 0) is 23.1 Å². The Morgan fingerprint density at radius 1 is 1.33 bits per heavy atom. The van der Waals surface area contributed by atoms with Crippen molar-refractivity contribution in [1.29, 1.82) is 0 Å². The first-order valence-electron chi connectivity index (χ1n) is 6.40. The molecule has 0 saturated carbocycles. The number of carboxylic acid groups (broad SMARTS) is 1. The van der Waals surface area contributed by atoms with Gasteiger partial charge in [0.2, 0.25) is 5.91 Å². The summed E-state index contributed by atoms with van der Waals surface area (Å²) in [5.41, 5.74) is 1.46. The van der Waals surface area contributed by atoms with Crippen molar-refractivity contribution in [1.82, 2.24) is 4.90 Å². The molecule has 21 heavy (non-hydrogen) atoms. The van der Waals surface area contributed by atoms with E-state index in [1.807, 2.05) is 11.4 Å². The molecule has 3 rings (SSSR count). The normalized spacial score (nSPS) is 15.7. The Morgan fingerprint density at radius 2 is 2.10 bits per heavy atom. The first kappa shape index (κ1) is 14.1. The topological polar surface area (TPSA) is 57.6 Å². The van der Waals surface area contributed by atoms with E-state index in [0.717, 1.165) is 10.4 Å². The lowest BCUT2D eigenvalue weighted by Gasteiger charge is -2.32. The third-order valence-electron chi connectivity index (χ3n) is 3.56. The molecular formula is C15H12ClNO3S. The number of carboxylic acids is 1. The zero-order valence-corrected chi connectivity index (χ0v) is 12.5. The molecular weight excluding hydrogens is 310 g/mol. The SMILES string of the molecule is O=C(O)[C@H](c1ccccc1Cl)N1Cc2ccsc2CC1=O. The average molecular weight is 322 g/mol. The van der Waals surface area contributed by atoms with Crippen LogP contribution in [0.15, 0.2) is 35.7 Å². The van der Waals surface area contributed by atoms with Crippen LogP contribution in [0.3, 0.4) is 0 Å². The van der Waals surface area contributed by atoms with Gasteiger partial charge in [-0.2, -0.15) is 0 Å². The van der Waals surface area contributed by atoms with E-state index in [2.05, 4.69) is 0 Å². The zero-order valence-electron chi connectivity index (χ0n) is 11.0. The fourth-order valence-electron chi connectivity index (χ4n) is 2.54. The van der Waals surface area contributed by atoms with Crippen LogP contribution in [-0.4, -0.2) is 21.9 Å². The van der Waals surface area contributed by atoms with Crippen molar-refractivity contribution in [3.8, 4) is 0 Å². The maximum atomic E-state index is 12.3. The summed E-state index contributed by atoms with van der Waals surface area (Å²) in [6.07, 6.45) is 0.251. The van der Waals surface area contributed by atoms with Crippen molar-refractivity contribution in [3.05, 3.63) is 56.7 Å². The second kappa shape index (κ2) is 5.50. The number of thiophene rings is 1. The van der Waals surface area contributed by atoms with Gasteiger partial charge in [-0.1, -0.05) is 29.8 Å². The Balaban J connectivity index is 2.01. The number of aliphatic carboxylic acids is 1. The minimum Gasteiger partial charge on any atom is -0.479 e. The molecule has 2 aromatic rings. The standard InChI is InChI=1S/C15H12ClNO3S/c16-11-4-2-1-3-10(11)14(15(19)20)17-8-9-5-6-21-12(9)7-13(17)18/h1-6,14H,7-8H2,(H,19,20)/t14-/m0/s1. The molecule has 2 heterocycles. The van der Waals surface area contributed by atoms with Gasteiger partial charge in [0.15, 0.2) is 6.04 Å². The molecule has 0 bridgehead atoms. The van der Waals surface area contributed by atoms with E-state index < -0.39 is 12.0 Å². The highest BCUT2D eigenvalue weighted by molar-refractivity contribution is 7.10. The maximum absolute atomic E-state index is 12.3. The van der Waals surface area contributed by atoms with Gasteiger partial charge >= 0.3 is 5.97 Å². The minimum absolute atomic E-state index is 0.183. The van der Waals surface area contributed by atoms with Crippen LogP contribution < -0.4 is 0 Å². The lowest BCUT2D eigenvalue weighted by molar-refractivity contribution is -0.151. The molecule has 1 aromatic carbocycles. The fraction of sp³-hybridized carbons (Fsp3) is 0.200. The van der Waals surface area contributed by atoms with Crippen LogP contribution in [0.25, 0.3) is 0 Å². The monoisotopic (exact) mass is 321 g/mol. The van der Waals surface area contributed by atoms with E-state index in [-0.39, 0.29) is 12.3 Å². The molecule has 0 saturated heterocycles. The predicted molar refractivity (Wildman–Crippen MR) is 80.4 cm³/mol. The Hall–Kier alpha value is -1.85. The molecule has 4 nitrogen and oxygen atoms in total. The second-order valence-corrected chi connectivity index (χ2v) is 6.24. The Labute approximate surface area is 130 Å². The highest BCUT2D eigenvalue weighted by Gasteiger charge is 2.35. The quantitative estimate of drug-likeness (QED) is 0.945. The third-order valence-corrected chi connectivity index (χ3v) is 4.86. The Bertz CT molecular complexity index is 712. The molecule has 6 heteroatoms. The van der Waals surface area contributed by atoms with Crippen LogP contribution >= 0.6 is 22.9 Å². The van der Waals surface area contributed by atoms with Crippen molar-refractivity contribution < 1.29 is 14.7 Å². The van der Waals surface area contributed by atoms with E-state index in [1.54, 1.807) is 24.3 Å². The molecule has 0 spiro atoms. The van der Waals surface area contributed by atoms with Gasteiger partial charge in [-0.3, -0.25) is 4.79 Å². The van der Waals surface area contributed by atoms with Crippen molar-refractivity contribution >= 4 is 34.8 Å². The van der Waals surface area contributed by atoms with Crippen molar-refractivity contribution in [2.75, 3.05) is 0 Å². The van der Waals surface area contributed by atoms with E-state index >= 15 is 0 Å². The number of hydrogen-bond acceptors (Lipinski definition) is 3. The molecule has 0 aliphatic carbocycles. The molecule has 0 unspecified atom stereocenters. The largest absolute Gasteiger partial charge is 0.479 e. The Morgan fingerprint density at radius 3 is 2.81 bits per heavy atom. The number of carbonyl (C=O) groups excluding carboxylic acids is 1. The van der Waals surface area contributed by atoms with E-state index in [1.165, 1.54) is 16.2 Å². The molecule has 1 N–H and O–H groups in total. The molecule has 1 aromatic heterocycles. The van der Waals surface area contributed by atoms with Gasteiger partial charge in [0.1, 0.15) is 0 Å². The molecule has 0 fully saturated rings. The number of carbonyl (C=O) groups is 2. The lowest BCUT2D eigenvalue weighted by Crippen LogP contribution is -2.41. The third kappa shape index (κ3) is 2.54. The lowest BCUT2D eigenvalue weighted by atomic mass is 10.0. The summed E-state index contributed by atoms with van der Waals surface area (Å²) in [6.45, 7) is 0.305. The van der Waals surface area contributed by atoms with Crippen molar-refractivity contribution in [2.24, 2.45) is 0 Å². The van der Waals surface area contributed by atoms with Crippen LogP contribution in [0, 0.1) is 0 Å². The molecule has 0 radical (unpaired) electrons. The van der Waals surface area contributed by atoms with Crippen molar-refractivity contribution in [3.63, 3.8) is 0 Å². The number of halogens is 1. The number of fused-ring (bicyclic) bond motifs is 1. The number of benzene rings is 1. The van der Waals surface area contributed by atoms with Gasteiger partial charge in [-0.15, -0.1) is 11.3 Å². The molecule has 108 valence electrons. The first-order chi connectivity index (χ1) is 10.1. The summed E-state index contributed by atoms with van der Waals surface area (Å²) in [6, 6.07) is 7.63.